The fraction of sp³-hybridized carbons (Fsp3) is 0.700. The fourth-order valence-corrected chi connectivity index (χ4v) is 3.54. The van der Waals surface area contributed by atoms with E-state index >= 15 is 0 Å². The highest BCUT2D eigenvalue weighted by molar-refractivity contribution is 6.74. The van der Waals surface area contributed by atoms with Crippen molar-refractivity contribution in [3.8, 4) is 0 Å². The van der Waals surface area contributed by atoms with E-state index in [0.717, 1.165) is 0 Å². The Morgan fingerprint density at radius 2 is 1.67 bits per heavy atom. The highest BCUT2D eigenvalue weighted by Gasteiger charge is 2.37. The van der Waals surface area contributed by atoms with Crippen molar-refractivity contribution in [1.29, 1.82) is 0 Å². The number of benzene rings is 1. The van der Waals surface area contributed by atoms with Crippen molar-refractivity contribution in [2.24, 2.45) is 5.92 Å². The highest BCUT2D eigenvalue weighted by Crippen LogP contribution is 2.38. The molecular weight excluding hydrogens is 316 g/mol. The second kappa shape index (κ2) is 7.69. The maximum Gasteiger partial charge on any atom is 0.192 e. The molecule has 2 atom stereocenters. The molecule has 1 unspecified atom stereocenters. The molecule has 0 spiro atoms. The minimum atomic E-state index is -1.76. The maximum absolute atomic E-state index is 9.93. The fourth-order valence-electron chi connectivity index (χ4n) is 2.59. The lowest BCUT2D eigenvalue weighted by molar-refractivity contribution is -0.0503. The molecule has 0 aromatic heterocycles. The van der Waals surface area contributed by atoms with Crippen LogP contribution in [0.2, 0.25) is 18.1 Å². The highest BCUT2D eigenvalue weighted by atomic mass is 28.4. The molecule has 4 heteroatoms. The van der Waals surface area contributed by atoms with Crippen LogP contribution in [-0.2, 0) is 22.4 Å². The molecule has 0 heterocycles. The number of aliphatic hydroxyl groups excluding tert-OH is 1. The summed E-state index contributed by atoms with van der Waals surface area (Å²) in [4.78, 5) is 0. The van der Waals surface area contributed by atoms with E-state index in [9.17, 15) is 5.11 Å². The quantitative estimate of drug-likeness (QED) is 0.679. The third-order valence-corrected chi connectivity index (χ3v) is 9.98. The molecule has 1 aromatic rings. The molecule has 1 aliphatic rings. The Labute approximate surface area is 148 Å². The molecule has 3 nitrogen and oxygen atoms in total. The van der Waals surface area contributed by atoms with Crippen LogP contribution >= 0.6 is 0 Å². The summed E-state index contributed by atoms with van der Waals surface area (Å²) in [6, 6.07) is 8.33. The number of ether oxygens (including phenoxy) is 1. The normalized spacial score (nSPS) is 18.5. The summed E-state index contributed by atoms with van der Waals surface area (Å²) in [6.45, 7) is 14.4. The molecule has 1 fully saturated rings. The summed E-state index contributed by atoms with van der Waals surface area (Å²) < 4.78 is 12.4. The molecule has 0 saturated heterocycles. The monoisotopic (exact) mass is 350 g/mol. The molecule has 0 radical (unpaired) electrons. The van der Waals surface area contributed by atoms with Gasteiger partial charge in [-0.3, -0.25) is 0 Å². The number of hydrogen-bond donors (Lipinski definition) is 1. The van der Waals surface area contributed by atoms with E-state index in [-0.39, 0.29) is 11.1 Å². The van der Waals surface area contributed by atoms with Crippen molar-refractivity contribution in [2.75, 3.05) is 0 Å². The smallest absolute Gasteiger partial charge is 0.192 e. The summed E-state index contributed by atoms with van der Waals surface area (Å²) in [5.41, 5.74) is 2.37. The van der Waals surface area contributed by atoms with E-state index < -0.39 is 14.4 Å². The Hall–Kier alpha value is -0.683. The molecule has 0 aliphatic heterocycles. The Morgan fingerprint density at radius 1 is 1.12 bits per heavy atom. The van der Waals surface area contributed by atoms with Gasteiger partial charge in [-0.25, -0.2) is 0 Å². The van der Waals surface area contributed by atoms with Gasteiger partial charge < -0.3 is 14.3 Å². The van der Waals surface area contributed by atoms with Crippen LogP contribution in [0.5, 0.6) is 0 Å². The van der Waals surface area contributed by atoms with Gasteiger partial charge in [-0.1, -0.05) is 45.0 Å². The van der Waals surface area contributed by atoms with Gasteiger partial charge in [-0.15, -0.1) is 0 Å². The summed E-state index contributed by atoms with van der Waals surface area (Å²) in [6.07, 6.45) is 1.89. The largest absolute Gasteiger partial charge is 0.413 e. The predicted octanol–water partition coefficient (Wildman–Crippen LogP) is 4.88. The molecule has 2 rings (SSSR count). The molecule has 24 heavy (non-hydrogen) atoms. The SMILES string of the molecule is CC(O)[C@H](OCc1ccccc1CO[Si](C)(C)C(C)(C)C)C1CC1. The van der Waals surface area contributed by atoms with Gasteiger partial charge in [0.05, 0.1) is 25.4 Å². The zero-order valence-electron chi connectivity index (χ0n) is 16.1. The van der Waals surface area contributed by atoms with Crippen LogP contribution in [-0.4, -0.2) is 25.6 Å². The van der Waals surface area contributed by atoms with Gasteiger partial charge in [0, 0.05) is 0 Å². The van der Waals surface area contributed by atoms with Crippen molar-refractivity contribution in [1.82, 2.24) is 0 Å². The predicted molar refractivity (Wildman–Crippen MR) is 101 cm³/mol. The van der Waals surface area contributed by atoms with Gasteiger partial charge in [-0.2, -0.15) is 0 Å². The van der Waals surface area contributed by atoms with Crippen LogP contribution in [0.3, 0.4) is 0 Å². The number of rotatable bonds is 8. The van der Waals surface area contributed by atoms with Gasteiger partial charge >= 0.3 is 0 Å². The summed E-state index contributed by atoms with van der Waals surface area (Å²) in [5.74, 6) is 0.528. The van der Waals surface area contributed by atoms with Crippen molar-refractivity contribution < 1.29 is 14.3 Å². The van der Waals surface area contributed by atoms with Gasteiger partial charge in [-0.05, 0) is 54.9 Å². The van der Waals surface area contributed by atoms with Crippen LogP contribution in [0.15, 0.2) is 24.3 Å². The van der Waals surface area contributed by atoms with Crippen LogP contribution in [0.25, 0.3) is 0 Å². The van der Waals surface area contributed by atoms with E-state index in [1.165, 1.54) is 24.0 Å². The Kier molecular flexibility index (Phi) is 6.29. The zero-order valence-corrected chi connectivity index (χ0v) is 17.1. The molecule has 0 amide bonds. The first-order valence-corrected chi connectivity index (χ1v) is 12.0. The molecule has 1 aromatic carbocycles. The number of aliphatic hydroxyl groups is 1. The third-order valence-electron chi connectivity index (χ3n) is 5.51. The summed E-state index contributed by atoms with van der Waals surface area (Å²) in [5, 5.41) is 10.1. The van der Waals surface area contributed by atoms with Crippen LogP contribution < -0.4 is 0 Å². The van der Waals surface area contributed by atoms with E-state index in [0.29, 0.717) is 19.1 Å². The van der Waals surface area contributed by atoms with Gasteiger partial charge in [0.15, 0.2) is 8.32 Å². The third kappa shape index (κ3) is 5.15. The van der Waals surface area contributed by atoms with Crippen LogP contribution in [0.1, 0.15) is 51.7 Å². The maximum atomic E-state index is 9.93. The average Bonchev–Trinajstić information content (AvgIpc) is 3.29. The van der Waals surface area contributed by atoms with Crippen LogP contribution in [0.4, 0.5) is 0 Å². The zero-order chi connectivity index (χ0) is 18.0. The van der Waals surface area contributed by atoms with Gasteiger partial charge in [0.25, 0.3) is 0 Å². The topological polar surface area (TPSA) is 38.7 Å². The molecular formula is C20H34O3Si. The molecule has 1 saturated carbocycles. The Bertz CT molecular complexity index is 528. The van der Waals surface area contributed by atoms with E-state index in [2.05, 4.69) is 52.1 Å². The average molecular weight is 351 g/mol. The Balaban J connectivity index is 1.99. The standard InChI is InChI=1S/C20H34O3Si/c1-15(21)19(16-11-12-16)22-13-17-9-7-8-10-18(17)14-23-24(5,6)20(2,3)4/h7-10,15-16,19,21H,11-14H2,1-6H3/t15?,19-/m0/s1. The van der Waals surface area contributed by atoms with Crippen molar-refractivity contribution in [2.45, 2.75) is 84.1 Å². The lowest BCUT2D eigenvalue weighted by atomic mass is 10.1. The molecule has 0 bridgehead atoms. The minimum absolute atomic E-state index is 0.0423. The van der Waals surface area contributed by atoms with Crippen molar-refractivity contribution in [3.63, 3.8) is 0 Å². The number of hydrogen-bond acceptors (Lipinski definition) is 3. The summed E-state index contributed by atoms with van der Waals surface area (Å²) in [7, 11) is -1.76. The first kappa shape index (κ1) is 19.6. The van der Waals surface area contributed by atoms with Crippen molar-refractivity contribution >= 4 is 8.32 Å². The lowest BCUT2D eigenvalue weighted by Gasteiger charge is -2.36. The molecule has 136 valence electrons. The summed E-state index contributed by atoms with van der Waals surface area (Å²) >= 11 is 0. The molecule has 1 N–H and O–H groups in total. The first-order valence-electron chi connectivity index (χ1n) is 9.12. The van der Waals surface area contributed by atoms with E-state index in [1.807, 2.05) is 13.0 Å². The second-order valence-corrected chi connectivity index (χ2v) is 13.5. The van der Waals surface area contributed by atoms with E-state index in [1.54, 1.807) is 0 Å². The van der Waals surface area contributed by atoms with E-state index in [4.69, 9.17) is 9.16 Å². The van der Waals surface area contributed by atoms with Crippen molar-refractivity contribution in [3.05, 3.63) is 35.4 Å². The minimum Gasteiger partial charge on any atom is -0.413 e. The molecule has 1 aliphatic carbocycles. The Morgan fingerprint density at radius 3 is 2.12 bits per heavy atom. The van der Waals surface area contributed by atoms with Gasteiger partial charge in [0.2, 0.25) is 0 Å². The van der Waals surface area contributed by atoms with Gasteiger partial charge in [0.1, 0.15) is 0 Å². The van der Waals surface area contributed by atoms with Crippen LogP contribution in [0, 0.1) is 5.92 Å². The second-order valence-electron chi connectivity index (χ2n) is 8.67. The first-order chi connectivity index (χ1) is 11.1. The lowest BCUT2D eigenvalue weighted by Crippen LogP contribution is -2.40.